The van der Waals surface area contributed by atoms with Gasteiger partial charge in [-0.1, -0.05) is 24.6 Å². The summed E-state index contributed by atoms with van der Waals surface area (Å²) < 4.78 is 7.17. The summed E-state index contributed by atoms with van der Waals surface area (Å²) in [5.41, 5.74) is 0.783. The lowest BCUT2D eigenvalue weighted by Crippen LogP contribution is -2.30. The molecule has 0 radical (unpaired) electrons. The number of nitriles is 1. The van der Waals surface area contributed by atoms with Crippen molar-refractivity contribution in [2.24, 2.45) is 5.92 Å². The average molecular weight is 337 g/mol. The van der Waals surface area contributed by atoms with Crippen LogP contribution in [0.15, 0.2) is 28.7 Å². The van der Waals surface area contributed by atoms with Crippen LogP contribution < -0.4 is 0 Å². The van der Waals surface area contributed by atoms with Gasteiger partial charge in [-0.15, -0.1) is 5.10 Å². The molecule has 22 heavy (non-hydrogen) atoms. The van der Waals surface area contributed by atoms with Gasteiger partial charge in [0.05, 0.1) is 18.7 Å². The molecule has 0 aliphatic rings. The summed E-state index contributed by atoms with van der Waals surface area (Å²) in [7, 11) is 0. The van der Waals surface area contributed by atoms with E-state index in [0.29, 0.717) is 29.0 Å². The van der Waals surface area contributed by atoms with Crippen molar-refractivity contribution in [3.8, 4) is 17.5 Å². The van der Waals surface area contributed by atoms with Crippen molar-refractivity contribution in [3.05, 3.63) is 34.1 Å². The lowest BCUT2D eigenvalue weighted by molar-refractivity contribution is 0.199. The second-order valence-electron chi connectivity index (χ2n) is 5.02. The van der Waals surface area contributed by atoms with Crippen LogP contribution in [0.25, 0.3) is 11.5 Å². The average Bonchev–Trinajstić information content (AvgIpc) is 2.87. The highest BCUT2D eigenvalue weighted by atomic mass is 35.5. The molecule has 1 aromatic heterocycles. The maximum absolute atomic E-state index is 8.93. The molecule has 0 aliphatic carbocycles. The highest BCUT2D eigenvalue weighted by Crippen LogP contribution is 2.21. The van der Waals surface area contributed by atoms with Crippen molar-refractivity contribution < 1.29 is 4.42 Å². The molecule has 1 aromatic carbocycles. The molecule has 0 N–H and O–H groups in total. The van der Waals surface area contributed by atoms with E-state index in [1.165, 1.54) is 0 Å². The van der Waals surface area contributed by atoms with Crippen molar-refractivity contribution >= 4 is 23.8 Å². The lowest BCUT2D eigenvalue weighted by atomic mass is 10.2. The molecule has 0 saturated carbocycles. The molecule has 116 valence electrons. The smallest absolute Gasteiger partial charge is 0.288 e. The van der Waals surface area contributed by atoms with E-state index < -0.39 is 0 Å². The first-order valence-corrected chi connectivity index (χ1v) is 7.78. The summed E-state index contributed by atoms with van der Waals surface area (Å²) >= 11 is 11.2. The molecule has 0 aliphatic heterocycles. The maximum atomic E-state index is 8.93. The number of hydrogen-bond acceptors (Lipinski definition) is 5. The Morgan fingerprint density at radius 1 is 1.55 bits per heavy atom. The minimum atomic E-state index is -0.0478. The van der Waals surface area contributed by atoms with Crippen molar-refractivity contribution in [2.75, 3.05) is 13.1 Å². The molecule has 0 amide bonds. The first-order chi connectivity index (χ1) is 10.5. The predicted octanol–water partition coefficient (Wildman–Crippen LogP) is 3.97. The van der Waals surface area contributed by atoms with E-state index in [1.54, 1.807) is 16.8 Å². The Morgan fingerprint density at radius 3 is 2.95 bits per heavy atom. The third kappa shape index (κ3) is 4.17. The highest BCUT2D eigenvalue weighted by Gasteiger charge is 2.13. The van der Waals surface area contributed by atoms with Crippen molar-refractivity contribution in [1.29, 1.82) is 5.26 Å². The molecular weight excluding hydrogens is 320 g/mol. The number of halogens is 1. The Bertz CT molecular complexity index is 734. The third-order valence-corrected chi connectivity index (χ3v) is 3.74. The van der Waals surface area contributed by atoms with Crippen molar-refractivity contribution in [2.45, 2.75) is 20.5 Å². The standard InChI is InChI=1S/C15H17ClN4OS/c1-3-19(9-11(2)8-17)10-20-15(22)21-14(18-20)12-5-4-6-13(16)7-12/h4-7,11H,3,9-10H2,1-2H3. The number of rotatable bonds is 6. The molecule has 1 unspecified atom stereocenters. The van der Waals surface area contributed by atoms with Crippen LogP contribution in [0.1, 0.15) is 13.8 Å². The molecule has 0 saturated heterocycles. The van der Waals surface area contributed by atoms with E-state index in [0.717, 1.165) is 12.1 Å². The van der Waals surface area contributed by atoms with E-state index in [9.17, 15) is 0 Å². The molecule has 2 rings (SSSR count). The van der Waals surface area contributed by atoms with Gasteiger partial charge in [-0.3, -0.25) is 4.90 Å². The van der Waals surface area contributed by atoms with Gasteiger partial charge in [0.2, 0.25) is 5.89 Å². The van der Waals surface area contributed by atoms with Crippen LogP contribution in [0.4, 0.5) is 0 Å². The number of benzene rings is 1. The number of hydrogen-bond donors (Lipinski definition) is 0. The van der Waals surface area contributed by atoms with Crippen molar-refractivity contribution in [3.63, 3.8) is 0 Å². The van der Waals surface area contributed by atoms with Gasteiger partial charge in [0.25, 0.3) is 4.84 Å². The molecule has 5 nitrogen and oxygen atoms in total. The van der Waals surface area contributed by atoms with Crippen LogP contribution in [0, 0.1) is 22.1 Å². The lowest BCUT2D eigenvalue weighted by Gasteiger charge is -2.20. The quantitative estimate of drug-likeness (QED) is 0.747. The van der Waals surface area contributed by atoms with Gasteiger partial charge in [0.15, 0.2) is 0 Å². The van der Waals surface area contributed by atoms with E-state index in [1.807, 2.05) is 26.0 Å². The monoisotopic (exact) mass is 336 g/mol. The molecule has 7 heteroatoms. The van der Waals surface area contributed by atoms with Crippen LogP contribution >= 0.6 is 23.8 Å². The third-order valence-electron chi connectivity index (χ3n) is 3.21. The molecule has 2 aromatic rings. The van der Waals surface area contributed by atoms with Crippen LogP contribution in [0.2, 0.25) is 5.02 Å². The molecule has 0 fully saturated rings. The van der Waals surface area contributed by atoms with E-state index in [4.69, 9.17) is 33.5 Å². The van der Waals surface area contributed by atoms with E-state index in [2.05, 4.69) is 16.1 Å². The van der Waals surface area contributed by atoms with Gasteiger partial charge in [-0.05, 0) is 43.9 Å². The fourth-order valence-electron chi connectivity index (χ4n) is 2.04. The Balaban J connectivity index is 2.19. The highest BCUT2D eigenvalue weighted by molar-refractivity contribution is 7.71. The summed E-state index contributed by atoms with van der Waals surface area (Å²) in [6.45, 7) is 5.88. The van der Waals surface area contributed by atoms with Crippen molar-refractivity contribution in [1.82, 2.24) is 14.7 Å². The Hall–Kier alpha value is -1.68. The fourth-order valence-corrected chi connectivity index (χ4v) is 2.41. The second-order valence-corrected chi connectivity index (χ2v) is 5.81. The molecule has 1 atom stereocenters. The van der Waals surface area contributed by atoms with Gasteiger partial charge in [-0.25, -0.2) is 4.68 Å². The summed E-state index contributed by atoms with van der Waals surface area (Å²) in [4.78, 5) is 2.39. The normalized spacial score (nSPS) is 12.3. The van der Waals surface area contributed by atoms with E-state index in [-0.39, 0.29) is 5.92 Å². The molecule has 0 bridgehead atoms. The second kappa shape index (κ2) is 7.54. The summed E-state index contributed by atoms with van der Waals surface area (Å²) in [6, 6.07) is 9.50. The number of aromatic nitrogens is 2. The van der Waals surface area contributed by atoms with Crippen LogP contribution in [0.5, 0.6) is 0 Å². The minimum Gasteiger partial charge on any atom is -0.409 e. The Labute approximate surface area is 139 Å². The van der Waals surface area contributed by atoms with Gasteiger partial charge >= 0.3 is 0 Å². The zero-order chi connectivity index (χ0) is 16.1. The minimum absolute atomic E-state index is 0.0478. The topological polar surface area (TPSA) is 58.0 Å². The SMILES string of the molecule is CCN(CC(C)C#N)Cn1nc(-c2cccc(Cl)c2)oc1=S. The van der Waals surface area contributed by atoms with Crippen LogP contribution in [-0.2, 0) is 6.67 Å². The van der Waals surface area contributed by atoms with Crippen LogP contribution in [0.3, 0.4) is 0 Å². The Morgan fingerprint density at radius 2 is 2.32 bits per heavy atom. The first-order valence-electron chi connectivity index (χ1n) is 6.99. The number of nitrogens with zero attached hydrogens (tertiary/aromatic N) is 4. The molecule has 1 heterocycles. The van der Waals surface area contributed by atoms with Gasteiger partial charge in [0, 0.05) is 17.1 Å². The maximum Gasteiger partial charge on any atom is 0.288 e. The van der Waals surface area contributed by atoms with Gasteiger partial charge in [-0.2, -0.15) is 5.26 Å². The molecule has 0 spiro atoms. The predicted molar refractivity (Wildman–Crippen MR) is 87.8 cm³/mol. The van der Waals surface area contributed by atoms with Gasteiger partial charge in [0.1, 0.15) is 0 Å². The van der Waals surface area contributed by atoms with Crippen LogP contribution in [-0.4, -0.2) is 27.8 Å². The Kier molecular flexibility index (Phi) is 5.72. The largest absolute Gasteiger partial charge is 0.409 e. The first kappa shape index (κ1) is 16.7. The fraction of sp³-hybridized carbons (Fsp3) is 0.400. The summed E-state index contributed by atoms with van der Waals surface area (Å²) in [6.07, 6.45) is 0. The summed E-state index contributed by atoms with van der Waals surface area (Å²) in [5, 5.41) is 13.9. The zero-order valence-corrected chi connectivity index (χ0v) is 14.1. The van der Waals surface area contributed by atoms with E-state index >= 15 is 0 Å². The summed E-state index contributed by atoms with van der Waals surface area (Å²) in [5.74, 6) is 0.394. The zero-order valence-electron chi connectivity index (χ0n) is 12.5. The van der Waals surface area contributed by atoms with Gasteiger partial charge < -0.3 is 4.42 Å². The molecular formula is C15H17ClN4OS.